The van der Waals surface area contributed by atoms with Crippen molar-refractivity contribution in [1.82, 2.24) is 5.32 Å². The second-order valence-electron chi connectivity index (χ2n) is 7.71. The molecule has 1 aromatic heterocycles. The Morgan fingerprint density at radius 2 is 2.15 bits per heavy atom. The lowest BCUT2D eigenvalue weighted by Crippen LogP contribution is -2.40. The SMILES string of the molecule is CCC1CCCC1NC1CC(C)(C)Cc2oc(C)cc21. The molecule has 2 aliphatic rings. The first kappa shape index (κ1) is 14.2. The van der Waals surface area contributed by atoms with Crippen LogP contribution in [0.5, 0.6) is 0 Å². The third-order valence-electron chi connectivity index (χ3n) is 5.33. The summed E-state index contributed by atoms with van der Waals surface area (Å²) in [5, 5.41) is 3.98. The third-order valence-corrected chi connectivity index (χ3v) is 5.33. The zero-order chi connectivity index (χ0) is 14.3. The summed E-state index contributed by atoms with van der Waals surface area (Å²) in [7, 11) is 0. The Balaban J connectivity index is 1.81. The molecule has 2 nitrogen and oxygen atoms in total. The van der Waals surface area contributed by atoms with E-state index in [1.54, 1.807) is 0 Å². The van der Waals surface area contributed by atoms with Crippen LogP contribution in [0.4, 0.5) is 0 Å². The predicted molar refractivity (Wildman–Crippen MR) is 82.8 cm³/mol. The number of hydrogen-bond acceptors (Lipinski definition) is 2. The van der Waals surface area contributed by atoms with Crippen molar-refractivity contribution in [3.63, 3.8) is 0 Å². The highest BCUT2D eigenvalue weighted by Gasteiger charge is 2.37. The molecule has 3 rings (SSSR count). The van der Waals surface area contributed by atoms with Crippen LogP contribution in [0, 0.1) is 18.3 Å². The summed E-state index contributed by atoms with van der Waals surface area (Å²) in [6, 6.07) is 3.46. The average molecular weight is 275 g/mol. The quantitative estimate of drug-likeness (QED) is 0.859. The van der Waals surface area contributed by atoms with E-state index in [0.717, 1.165) is 18.1 Å². The molecule has 20 heavy (non-hydrogen) atoms. The topological polar surface area (TPSA) is 25.2 Å². The smallest absolute Gasteiger partial charge is 0.109 e. The van der Waals surface area contributed by atoms with Crippen LogP contribution in [0.25, 0.3) is 0 Å². The molecule has 1 N–H and O–H groups in total. The molecule has 0 saturated heterocycles. The molecule has 1 heterocycles. The van der Waals surface area contributed by atoms with Crippen LogP contribution in [0.1, 0.15) is 76.0 Å². The number of nitrogens with one attached hydrogen (secondary N) is 1. The molecule has 112 valence electrons. The maximum Gasteiger partial charge on any atom is 0.109 e. The van der Waals surface area contributed by atoms with Gasteiger partial charge in [0.05, 0.1) is 0 Å². The highest BCUT2D eigenvalue weighted by molar-refractivity contribution is 5.29. The van der Waals surface area contributed by atoms with Gasteiger partial charge in [-0.15, -0.1) is 0 Å². The second-order valence-corrected chi connectivity index (χ2v) is 7.71. The summed E-state index contributed by atoms with van der Waals surface area (Å²) in [6.07, 6.45) is 7.76. The normalized spacial score (nSPS) is 32.3. The highest BCUT2D eigenvalue weighted by atomic mass is 16.3. The van der Waals surface area contributed by atoms with Crippen LogP contribution < -0.4 is 5.32 Å². The maximum atomic E-state index is 5.95. The van der Waals surface area contributed by atoms with E-state index in [9.17, 15) is 0 Å². The molecule has 1 aromatic rings. The summed E-state index contributed by atoms with van der Waals surface area (Å²) >= 11 is 0. The van der Waals surface area contributed by atoms with Gasteiger partial charge in [0.25, 0.3) is 0 Å². The molecule has 0 aliphatic heterocycles. The molecule has 0 bridgehead atoms. The number of aryl methyl sites for hydroxylation is 1. The molecule has 2 heteroatoms. The first-order chi connectivity index (χ1) is 9.48. The fourth-order valence-electron chi connectivity index (χ4n) is 4.34. The Kier molecular flexibility index (Phi) is 3.70. The van der Waals surface area contributed by atoms with E-state index in [-0.39, 0.29) is 0 Å². The Bertz CT molecular complexity index is 474. The second kappa shape index (κ2) is 5.22. The summed E-state index contributed by atoms with van der Waals surface area (Å²) in [5.41, 5.74) is 1.78. The summed E-state index contributed by atoms with van der Waals surface area (Å²) in [6.45, 7) is 9.15. The molecule has 3 atom stereocenters. The molecule has 2 aliphatic carbocycles. The van der Waals surface area contributed by atoms with Crippen molar-refractivity contribution in [1.29, 1.82) is 0 Å². The van der Waals surface area contributed by atoms with E-state index in [2.05, 4.69) is 39.1 Å². The number of hydrogen-bond donors (Lipinski definition) is 1. The van der Waals surface area contributed by atoms with Crippen LogP contribution in [0.15, 0.2) is 10.5 Å². The lowest BCUT2D eigenvalue weighted by atomic mass is 9.74. The van der Waals surface area contributed by atoms with E-state index in [4.69, 9.17) is 4.42 Å². The highest BCUT2D eigenvalue weighted by Crippen LogP contribution is 2.43. The van der Waals surface area contributed by atoms with Gasteiger partial charge in [-0.2, -0.15) is 0 Å². The molecule has 0 radical (unpaired) electrons. The van der Waals surface area contributed by atoms with Crippen LogP contribution >= 0.6 is 0 Å². The molecule has 3 unspecified atom stereocenters. The monoisotopic (exact) mass is 275 g/mol. The van der Waals surface area contributed by atoms with Crippen molar-refractivity contribution in [2.45, 2.75) is 78.3 Å². The Hall–Kier alpha value is -0.760. The molecular weight excluding hydrogens is 246 g/mol. The Labute approximate surface area is 123 Å². The van der Waals surface area contributed by atoms with Crippen LogP contribution in [0.3, 0.4) is 0 Å². The molecule has 0 spiro atoms. The molecule has 1 fully saturated rings. The van der Waals surface area contributed by atoms with Gasteiger partial charge < -0.3 is 9.73 Å². The van der Waals surface area contributed by atoms with Gasteiger partial charge in [0, 0.05) is 24.1 Å². The maximum absolute atomic E-state index is 5.95. The van der Waals surface area contributed by atoms with Crippen molar-refractivity contribution in [3.8, 4) is 0 Å². The molecule has 0 amide bonds. The fraction of sp³-hybridized carbons (Fsp3) is 0.778. The van der Waals surface area contributed by atoms with Crippen LogP contribution in [0.2, 0.25) is 0 Å². The van der Waals surface area contributed by atoms with Crippen LogP contribution in [-0.4, -0.2) is 6.04 Å². The lowest BCUT2D eigenvalue weighted by Gasteiger charge is -2.37. The standard InChI is InChI=1S/C18H29NO/c1-5-13-7-6-8-15(13)19-16-10-18(3,4)11-17-14(16)9-12(2)20-17/h9,13,15-16,19H,5-8,10-11H2,1-4H3. The van der Waals surface area contributed by atoms with E-state index in [1.807, 2.05) is 0 Å². The first-order valence-electron chi connectivity index (χ1n) is 8.34. The predicted octanol–water partition coefficient (Wildman–Crippen LogP) is 4.77. The summed E-state index contributed by atoms with van der Waals surface area (Å²) in [4.78, 5) is 0. The minimum atomic E-state index is 0.343. The Morgan fingerprint density at radius 1 is 1.35 bits per heavy atom. The van der Waals surface area contributed by atoms with Crippen LogP contribution in [-0.2, 0) is 6.42 Å². The van der Waals surface area contributed by atoms with Gasteiger partial charge in [0.2, 0.25) is 0 Å². The largest absolute Gasteiger partial charge is 0.466 e. The zero-order valence-corrected chi connectivity index (χ0v) is 13.5. The summed E-state index contributed by atoms with van der Waals surface area (Å²) in [5.74, 6) is 3.16. The van der Waals surface area contributed by atoms with E-state index in [1.165, 1.54) is 43.4 Å². The van der Waals surface area contributed by atoms with Gasteiger partial charge >= 0.3 is 0 Å². The number of fused-ring (bicyclic) bond motifs is 1. The van der Waals surface area contributed by atoms with Gasteiger partial charge in [-0.3, -0.25) is 0 Å². The zero-order valence-electron chi connectivity index (χ0n) is 13.5. The third kappa shape index (κ3) is 2.67. The van der Waals surface area contributed by atoms with E-state index < -0.39 is 0 Å². The average Bonchev–Trinajstić information content (AvgIpc) is 2.93. The first-order valence-corrected chi connectivity index (χ1v) is 8.34. The van der Waals surface area contributed by atoms with Gasteiger partial charge in [-0.05, 0) is 43.6 Å². The molecule has 1 saturated carbocycles. The molecular formula is C18H29NO. The number of rotatable bonds is 3. The fourth-order valence-corrected chi connectivity index (χ4v) is 4.34. The van der Waals surface area contributed by atoms with Gasteiger partial charge in [0.1, 0.15) is 11.5 Å². The van der Waals surface area contributed by atoms with E-state index >= 15 is 0 Å². The van der Waals surface area contributed by atoms with Crippen molar-refractivity contribution >= 4 is 0 Å². The molecule has 0 aromatic carbocycles. The minimum absolute atomic E-state index is 0.343. The van der Waals surface area contributed by atoms with Crippen molar-refractivity contribution in [2.24, 2.45) is 11.3 Å². The lowest BCUT2D eigenvalue weighted by molar-refractivity contribution is 0.214. The summed E-state index contributed by atoms with van der Waals surface area (Å²) < 4.78 is 5.95. The van der Waals surface area contributed by atoms with Crippen molar-refractivity contribution in [2.75, 3.05) is 0 Å². The van der Waals surface area contributed by atoms with Gasteiger partial charge in [-0.25, -0.2) is 0 Å². The Morgan fingerprint density at radius 3 is 2.90 bits per heavy atom. The van der Waals surface area contributed by atoms with Crippen molar-refractivity contribution in [3.05, 3.63) is 23.2 Å². The van der Waals surface area contributed by atoms with Gasteiger partial charge in [0.15, 0.2) is 0 Å². The minimum Gasteiger partial charge on any atom is -0.466 e. The van der Waals surface area contributed by atoms with E-state index in [0.29, 0.717) is 17.5 Å². The number of furan rings is 1. The van der Waals surface area contributed by atoms with Gasteiger partial charge in [-0.1, -0.05) is 33.6 Å². The van der Waals surface area contributed by atoms with Crippen molar-refractivity contribution < 1.29 is 4.42 Å².